The minimum atomic E-state index is 0.149. The van der Waals surface area contributed by atoms with Gasteiger partial charge >= 0.3 is 6.03 Å². The number of amides is 2. The first-order chi connectivity index (χ1) is 6.15. The molecule has 0 aromatic heterocycles. The van der Waals surface area contributed by atoms with Gasteiger partial charge in [0.15, 0.2) is 0 Å². The van der Waals surface area contributed by atoms with E-state index in [1.165, 1.54) is 0 Å². The Hall–Kier alpha value is -0.770. The summed E-state index contributed by atoms with van der Waals surface area (Å²) in [6.45, 7) is 7.42. The number of rotatable bonds is 1. The molecule has 1 atom stereocenters. The van der Waals surface area contributed by atoms with Crippen molar-refractivity contribution in [2.75, 3.05) is 33.2 Å². The molecule has 0 unspecified atom stereocenters. The predicted octanol–water partition coefficient (Wildman–Crippen LogP) is 0.352. The smallest absolute Gasteiger partial charge is 0.319 e. The standard InChI is InChI=1S/C9H19N3O/c1-4-11(3)9(13)12-6-5-10-8(2)7-12/h8,10H,4-7H2,1-3H3/t8-/m0/s1. The van der Waals surface area contributed by atoms with Gasteiger partial charge in [-0.25, -0.2) is 4.79 Å². The highest BCUT2D eigenvalue weighted by Crippen LogP contribution is 2.02. The Balaban J connectivity index is 2.46. The molecule has 1 aliphatic heterocycles. The lowest BCUT2D eigenvalue weighted by Crippen LogP contribution is -2.54. The second-order valence-electron chi connectivity index (χ2n) is 3.60. The Bertz CT molecular complexity index is 184. The van der Waals surface area contributed by atoms with E-state index >= 15 is 0 Å². The molecule has 1 aliphatic rings. The van der Waals surface area contributed by atoms with E-state index in [9.17, 15) is 4.79 Å². The normalized spacial score (nSPS) is 23.0. The van der Waals surface area contributed by atoms with E-state index in [1.54, 1.807) is 4.90 Å². The first kappa shape index (κ1) is 10.3. The number of nitrogens with one attached hydrogen (secondary N) is 1. The van der Waals surface area contributed by atoms with E-state index < -0.39 is 0 Å². The molecule has 0 aromatic carbocycles. The average Bonchev–Trinajstić information content (AvgIpc) is 2.15. The first-order valence-electron chi connectivity index (χ1n) is 4.88. The van der Waals surface area contributed by atoms with Gasteiger partial charge in [-0.2, -0.15) is 0 Å². The number of carbonyl (C=O) groups excluding carboxylic acids is 1. The Labute approximate surface area is 79.9 Å². The first-order valence-corrected chi connectivity index (χ1v) is 4.88. The van der Waals surface area contributed by atoms with Gasteiger partial charge in [0.1, 0.15) is 0 Å². The Morgan fingerprint density at radius 2 is 2.38 bits per heavy atom. The molecular formula is C9H19N3O. The number of urea groups is 1. The Kier molecular flexibility index (Phi) is 3.54. The van der Waals surface area contributed by atoms with Crippen LogP contribution in [0.5, 0.6) is 0 Å². The van der Waals surface area contributed by atoms with Gasteiger partial charge in [0.25, 0.3) is 0 Å². The Morgan fingerprint density at radius 3 is 2.92 bits per heavy atom. The molecule has 13 heavy (non-hydrogen) atoms. The fourth-order valence-electron chi connectivity index (χ4n) is 1.48. The van der Waals surface area contributed by atoms with Crippen molar-refractivity contribution in [3.63, 3.8) is 0 Å². The van der Waals surface area contributed by atoms with Crippen LogP contribution < -0.4 is 5.32 Å². The van der Waals surface area contributed by atoms with Crippen LogP contribution in [0.3, 0.4) is 0 Å². The van der Waals surface area contributed by atoms with Gasteiger partial charge in [-0.15, -0.1) is 0 Å². The van der Waals surface area contributed by atoms with Crippen molar-refractivity contribution in [3.8, 4) is 0 Å². The van der Waals surface area contributed by atoms with Crippen LogP contribution >= 0.6 is 0 Å². The van der Waals surface area contributed by atoms with E-state index in [0.717, 1.165) is 26.2 Å². The van der Waals surface area contributed by atoms with E-state index in [-0.39, 0.29) is 6.03 Å². The van der Waals surface area contributed by atoms with Gasteiger partial charge in [-0.1, -0.05) is 0 Å². The van der Waals surface area contributed by atoms with Crippen LogP contribution in [0, 0.1) is 0 Å². The van der Waals surface area contributed by atoms with Gasteiger partial charge in [0.2, 0.25) is 0 Å². The summed E-state index contributed by atoms with van der Waals surface area (Å²) in [5, 5.41) is 3.31. The lowest BCUT2D eigenvalue weighted by Gasteiger charge is -2.34. The van der Waals surface area contributed by atoms with Crippen molar-refractivity contribution >= 4 is 6.03 Å². The molecule has 2 amide bonds. The van der Waals surface area contributed by atoms with E-state index in [0.29, 0.717) is 6.04 Å². The lowest BCUT2D eigenvalue weighted by molar-refractivity contribution is 0.149. The van der Waals surface area contributed by atoms with Gasteiger partial charge in [0.05, 0.1) is 0 Å². The second-order valence-corrected chi connectivity index (χ2v) is 3.60. The fourth-order valence-corrected chi connectivity index (χ4v) is 1.48. The maximum Gasteiger partial charge on any atom is 0.319 e. The van der Waals surface area contributed by atoms with Gasteiger partial charge in [-0.3, -0.25) is 0 Å². The van der Waals surface area contributed by atoms with Gasteiger partial charge < -0.3 is 15.1 Å². The molecule has 4 nitrogen and oxygen atoms in total. The third-order valence-electron chi connectivity index (χ3n) is 2.44. The maximum atomic E-state index is 11.7. The number of nitrogens with zero attached hydrogens (tertiary/aromatic N) is 2. The minimum absolute atomic E-state index is 0.149. The van der Waals surface area contributed by atoms with Crippen LogP contribution in [-0.4, -0.2) is 55.1 Å². The molecule has 1 fully saturated rings. The highest BCUT2D eigenvalue weighted by Gasteiger charge is 2.21. The zero-order valence-corrected chi connectivity index (χ0v) is 8.71. The summed E-state index contributed by atoms with van der Waals surface area (Å²) in [5.74, 6) is 0. The monoisotopic (exact) mass is 185 g/mol. The Morgan fingerprint density at radius 1 is 1.69 bits per heavy atom. The number of hydrogen-bond acceptors (Lipinski definition) is 2. The van der Waals surface area contributed by atoms with Crippen molar-refractivity contribution in [2.24, 2.45) is 0 Å². The van der Waals surface area contributed by atoms with Crippen molar-refractivity contribution in [1.82, 2.24) is 15.1 Å². The largest absolute Gasteiger partial charge is 0.328 e. The summed E-state index contributed by atoms with van der Waals surface area (Å²) in [6.07, 6.45) is 0. The molecule has 1 saturated heterocycles. The topological polar surface area (TPSA) is 35.6 Å². The molecule has 0 saturated carbocycles. The quantitative estimate of drug-likeness (QED) is 0.640. The predicted molar refractivity (Wildman–Crippen MR) is 52.7 cm³/mol. The SMILES string of the molecule is CCN(C)C(=O)N1CCN[C@@H](C)C1. The van der Waals surface area contributed by atoms with Crippen LogP contribution in [0.4, 0.5) is 4.79 Å². The summed E-state index contributed by atoms with van der Waals surface area (Å²) in [7, 11) is 1.84. The van der Waals surface area contributed by atoms with Crippen LogP contribution in [0.15, 0.2) is 0 Å². The van der Waals surface area contributed by atoms with Crippen molar-refractivity contribution in [3.05, 3.63) is 0 Å². The zero-order valence-electron chi connectivity index (χ0n) is 8.71. The number of piperazine rings is 1. The second kappa shape index (κ2) is 4.46. The molecular weight excluding hydrogens is 166 g/mol. The van der Waals surface area contributed by atoms with Crippen LogP contribution in [0.25, 0.3) is 0 Å². The molecule has 0 radical (unpaired) electrons. The van der Waals surface area contributed by atoms with E-state index in [4.69, 9.17) is 0 Å². The molecule has 1 heterocycles. The molecule has 0 aromatic rings. The maximum absolute atomic E-state index is 11.7. The molecule has 0 spiro atoms. The summed E-state index contributed by atoms with van der Waals surface area (Å²) in [6, 6.07) is 0.568. The van der Waals surface area contributed by atoms with Crippen molar-refractivity contribution in [2.45, 2.75) is 19.9 Å². The average molecular weight is 185 g/mol. The summed E-state index contributed by atoms with van der Waals surface area (Å²) in [5.41, 5.74) is 0. The van der Waals surface area contributed by atoms with Gasteiger partial charge in [-0.05, 0) is 13.8 Å². The van der Waals surface area contributed by atoms with Gasteiger partial charge in [0, 0.05) is 39.3 Å². The van der Waals surface area contributed by atoms with Crippen molar-refractivity contribution in [1.29, 1.82) is 0 Å². The van der Waals surface area contributed by atoms with Crippen LogP contribution in [0.2, 0.25) is 0 Å². The molecule has 0 aliphatic carbocycles. The number of hydrogen-bond donors (Lipinski definition) is 1. The number of carbonyl (C=O) groups is 1. The third kappa shape index (κ3) is 2.59. The molecule has 76 valence electrons. The van der Waals surface area contributed by atoms with E-state index in [1.807, 2.05) is 18.9 Å². The van der Waals surface area contributed by atoms with Crippen LogP contribution in [0.1, 0.15) is 13.8 Å². The highest BCUT2D eigenvalue weighted by atomic mass is 16.2. The summed E-state index contributed by atoms with van der Waals surface area (Å²) in [4.78, 5) is 15.4. The zero-order chi connectivity index (χ0) is 9.84. The fraction of sp³-hybridized carbons (Fsp3) is 0.889. The van der Waals surface area contributed by atoms with Crippen molar-refractivity contribution < 1.29 is 4.79 Å². The summed E-state index contributed by atoms with van der Waals surface area (Å²) >= 11 is 0. The molecule has 1 rings (SSSR count). The van der Waals surface area contributed by atoms with E-state index in [2.05, 4.69) is 12.2 Å². The molecule has 1 N–H and O–H groups in total. The minimum Gasteiger partial charge on any atom is -0.328 e. The third-order valence-corrected chi connectivity index (χ3v) is 2.44. The molecule has 4 heteroatoms. The highest BCUT2D eigenvalue weighted by molar-refractivity contribution is 5.74. The van der Waals surface area contributed by atoms with Crippen LogP contribution in [-0.2, 0) is 0 Å². The summed E-state index contributed by atoms with van der Waals surface area (Å²) < 4.78 is 0. The molecule has 0 bridgehead atoms. The lowest BCUT2D eigenvalue weighted by atomic mass is 10.2.